The number of allylic oxidation sites excluding steroid dienone is 1. The van der Waals surface area contributed by atoms with E-state index in [4.69, 9.17) is 18.2 Å². The number of hydrogen-bond donors (Lipinski definition) is 0. The molecule has 0 rings (SSSR count). The van der Waals surface area contributed by atoms with Crippen LogP contribution in [0, 0.1) is 6.58 Å². The van der Waals surface area contributed by atoms with Crippen LogP contribution in [0.2, 0.25) is 0 Å². The summed E-state index contributed by atoms with van der Waals surface area (Å²) in [4.78, 5) is 0. The Morgan fingerprint density at radius 2 is 2.00 bits per heavy atom. The molecule has 0 saturated heterocycles. The molecule has 0 aromatic rings. The largest absolute Gasteiger partial charge is 1.00 e. The van der Waals surface area contributed by atoms with Crippen LogP contribution in [0.3, 0.4) is 0 Å². The van der Waals surface area contributed by atoms with Gasteiger partial charge in [0.2, 0.25) is 0 Å². The minimum absolute atomic E-state index is 0. The Morgan fingerprint density at radius 1 is 1.80 bits per heavy atom. The predicted molar refractivity (Wildman–Crippen MR) is 19.6 cm³/mol. The Hall–Kier alpha value is 0.627. The molecule has 0 aliphatic heterocycles. The predicted octanol–water partition coefficient (Wildman–Crippen LogP) is -1.78. The van der Waals surface area contributed by atoms with Crippen molar-refractivity contribution < 1.29 is 18.9 Å². The molecule has 0 bridgehead atoms. The van der Waals surface area contributed by atoms with Crippen LogP contribution in [0.25, 0.3) is 0 Å². The van der Waals surface area contributed by atoms with Gasteiger partial charge in [0.15, 0.2) is 0 Å². The van der Waals surface area contributed by atoms with E-state index in [2.05, 4.69) is 0 Å². The molecule has 0 aromatic carbocycles. The summed E-state index contributed by atoms with van der Waals surface area (Å²) in [6, 6.07) is 0. The van der Waals surface area contributed by atoms with E-state index < -0.39 is 0 Å². The van der Waals surface area contributed by atoms with Gasteiger partial charge < -0.3 is 6.58 Å². The van der Waals surface area contributed by atoms with Crippen molar-refractivity contribution in [1.82, 2.24) is 0 Å². The summed E-state index contributed by atoms with van der Waals surface area (Å²) >= 11 is 5.01. The molecule has 2 heteroatoms. The number of halogens is 1. The van der Waals surface area contributed by atoms with Gasteiger partial charge in [-0.05, 0) is 0 Å². The van der Waals surface area contributed by atoms with Gasteiger partial charge in [-0.3, -0.25) is 6.08 Å². The molecular weight excluding hydrogens is 78.4 g/mol. The van der Waals surface area contributed by atoms with Gasteiger partial charge >= 0.3 is 18.9 Å². The fraction of sp³-hybridized carbons (Fsp3) is 0.333. The van der Waals surface area contributed by atoms with Gasteiger partial charge in [0.05, 0.1) is 0 Å². The zero-order valence-electron chi connectivity index (χ0n) is 3.24. The molecule has 0 nitrogen and oxygen atoms in total. The maximum atomic E-state index is 5.01. The summed E-state index contributed by atoms with van der Waals surface area (Å²) in [7, 11) is 0. The zero-order valence-corrected chi connectivity index (χ0v) is 4.00. The van der Waals surface area contributed by atoms with E-state index in [1.807, 2.05) is 0 Å². The van der Waals surface area contributed by atoms with Crippen molar-refractivity contribution >= 4 is 11.6 Å². The summed E-state index contributed by atoms with van der Waals surface area (Å²) in [5.74, 6) is 0.444. The van der Waals surface area contributed by atoms with Gasteiger partial charge in [-0.1, -0.05) is 0 Å². The molecule has 0 aliphatic rings. The summed E-state index contributed by atoms with van der Waals surface area (Å²) in [6.45, 7) is 4.77. The molecule has 0 unspecified atom stereocenters. The third-order valence-electron chi connectivity index (χ3n) is 0.0891. The molecule has 0 aromatic heterocycles. The van der Waals surface area contributed by atoms with Crippen LogP contribution >= 0.6 is 11.6 Å². The molecule has 24 valence electrons. The first kappa shape index (κ1) is 9.16. The Labute approximate surface area is 49.4 Å². The van der Waals surface area contributed by atoms with Crippen molar-refractivity contribution in [2.45, 2.75) is 0 Å². The SMILES string of the molecule is [CH-]=CCCl.[Li+]. The Balaban J connectivity index is 0. The molecular formula is C3H4ClLi. The molecule has 0 spiro atoms. The summed E-state index contributed by atoms with van der Waals surface area (Å²) in [6.07, 6.45) is 1.39. The van der Waals surface area contributed by atoms with Crippen LogP contribution in [0.5, 0.6) is 0 Å². The first-order chi connectivity index (χ1) is 1.91. The van der Waals surface area contributed by atoms with Crippen LogP contribution in [0.4, 0.5) is 0 Å². The van der Waals surface area contributed by atoms with Crippen molar-refractivity contribution in [3.63, 3.8) is 0 Å². The smallest absolute Gasteiger partial charge is 0.517 e. The van der Waals surface area contributed by atoms with Crippen LogP contribution < -0.4 is 18.9 Å². The Kier molecular flexibility index (Phi) is 16.2. The maximum Gasteiger partial charge on any atom is 1.00 e. The standard InChI is InChI=1S/C3H4Cl.Li/c1-2-3-4;/h1-2H,3H2;/q-1;+1. The first-order valence-corrected chi connectivity index (χ1v) is 1.54. The third-order valence-corrected chi connectivity index (χ3v) is 0.267. The quantitative estimate of drug-likeness (QED) is 0.199. The average Bonchev–Trinajstić information content (AvgIpc) is 1.37. The van der Waals surface area contributed by atoms with Gasteiger partial charge in [0.25, 0.3) is 0 Å². The van der Waals surface area contributed by atoms with Gasteiger partial charge in [0.1, 0.15) is 0 Å². The molecule has 0 atom stereocenters. The van der Waals surface area contributed by atoms with Crippen molar-refractivity contribution in [3.8, 4) is 0 Å². The fourth-order valence-corrected chi connectivity index (χ4v) is 0. The van der Waals surface area contributed by atoms with E-state index in [-0.39, 0.29) is 18.9 Å². The van der Waals surface area contributed by atoms with Crippen molar-refractivity contribution in [3.05, 3.63) is 12.7 Å². The van der Waals surface area contributed by atoms with Gasteiger partial charge in [-0.25, -0.2) is 0 Å². The van der Waals surface area contributed by atoms with Crippen molar-refractivity contribution in [2.75, 3.05) is 5.88 Å². The average molecular weight is 82.5 g/mol. The van der Waals surface area contributed by atoms with E-state index in [1.54, 1.807) is 0 Å². The van der Waals surface area contributed by atoms with Crippen LogP contribution in [-0.4, -0.2) is 5.88 Å². The maximum absolute atomic E-state index is 5.01. The zero-order chi connectivity index (χ0) is 3.41. The second kappa shape index (κ2) is 8.82. The van der Waals surface area contributed by atoms with Gasteiger partial charge in [0, 0.05) is 5.88 Å². The van der Waals surface area contributed by atoms with E-state index in [0.29, 0.717) is 5.88 Å². The third kappa shape index (κ3) is 12.1. The van der Waals surface area contributed by atoms with Crippen LogP contribution in [0.1, 0.15) is 0 Å². The van der Waals surface area contributed by atoms with E-state index in [9.17, 15) is 0 Å². The monoisotopic (exact) mass is 82.0 g/mol. The van der Waals surface area contributed by atoms with Crippen molar-refractivity contribution in [1.29, 1.82) is 0 Å². The summed E-state index contributed by atoms with van der Waals surface area (Å²) in [5.41, 5.74) is 0. The second-order valence-electron chi connectivity index (χ2n) is 0.390. The van der Waals surface area contributed by atoms with Crippen LogP contribution in [-0.2, 0) is 0 Å². The number of hydrogen-bond acceptors (Lipinski definition) is 0. The topological polar surface area (TPSA) is 0 Å². The van der Waals surface area contributed by atoms with E-state index >= 15 is 0 Å². The second-order valence-corrected chi connectivity index (χ2v) is 0.699. The minimum Gasteiger partial charge on any atom is -0.517 e. The Morgan fingerprint density at radius 3 is 2.00 bits per heavy atom. The molecule has 5 heavy (non-hydrogen) atoms. The normalized spacial score (nSPS) is 5.00. The minimum atomic E-state index is 0. The Bertz CT molecular complexity index is 20.9. The molecule has 0 radical (unpaired) electrons. The molecule has 0 aliphatic carbocycles. The molecule has 0 amide bonds. The first-order valence-electron chi connectivity index (χ1n) is 1.01. The number of rotatable bonds is 1. The van der Waals surface area contributed by atoms with Crippen LogP contribution in [0.15, 0.2) is 6.08 Å². The van der Waals surface area contributed by atoms with Crippen molar-refractivity contribution in [2.24, 2.45) is 0 Å². The molecule has 0 heterocycles. The summed E-state index contributed by atoms with van der Waals surface area (Å²) in [5, 5.41) is 0. The summed E-state index contributed by atoms with van der Waals surface area (Å²) < 4.78 is 0. The van der Waals surface area contributed by atoms with Gasteiger partial charge in [-0.2, -0.15) is 0 Å². The number of alkyl halides is 1. The van der Waals surface area contributed by atoms with E-state index in [1.165, 1.54) is 6.08 Å². The molecule has 0 fully saturated rings. The van der Waals surface area contributed by atoms with E-state index in [0.717, 1.165) is 0 Å². The molecule has 0 N–H and O–H groups in total. The molecule has 0 saturated carbocycles. The fourth-order valence-electron chi connectivity index (χ4n) is 0. The van der Waals surface area contributed by atoms with Gasteiger partial charge in [-0.15, -0.1) is 11.6 Å².